The van der Waals surface area contributed by atoms with Crippen molar-refractivity contribution in [3.05, 3.63) is 174 Å². The van der Waals surface area contributed by atoms with E-state index < -0.39 is 5.63 Å². The van der Waals surface area contributed by atoms with Crippen molar-refractivity contribution in [2.24, 2.45) is 0 Å². The van der Waals surface area contributed by atoms with Gasteiger partial charge in [0, 0.05) is 45.9 Å². The molecule has 12 heteroatoms. The normalized spacial score (nSPS) is 14.4. The van der Waals surface area contributed by atoms with Crippen molar-refractivity contribution in [2.75, 3.05) is 52.5 Å². The van der Waals surface area contributed by atoms with Gasteiger partial charge in [0.15, 0.2) is 0 Å². The number of hydrogen-bond donors (Lipinski definition) is 2. The molecule has 2 aliphatic rings. The minimum absolute atomic E-state index is 0.0498. The second kappa shape index (κ2) is 22.4. The second-order valence-corrected chi connectivity index (χ2v) is 19.3. The largest absolute Gasteiger partial charge is 0.508 e. The molecule has 5 aromatic carbocycles. The molecule has 8 aromatic rings. The van der Waals surface area contributed by atoms with Gasteiger partial charge in [-0.1, -0.05) is 66.9 Å². The number of benzene rings is 5. The van der Waals surface area contributed by atoms with E-state index in [0.717, 1.165) is 81.1 Å². The van der Waals surface area contributed by atoms with Crippen LogP contribution in [0.4, 0.5) is 0 Å². The van der Waals surface area contributed by atoms with Crippen LogP contribution in [0, 0.1) is 6.92 Å². The molecule has 0 saturated carbocycles. The number of ether oxygens (including phenoxy) is 2. The summed E-state index contributed by atoms with van der Waals surface area (Å²) in [7, 11) is 0. The number of piperidine rings is 2. The molecule has 0 unspecified atom stereocenters. The molecule has 0 radical (unpaired) electrons. The quantitative estimate of drug-likeness (QED) is 0.102. The first-order chi connectivity index (χ1) is 33.6. The van der Waals surface area contributed by atoms with E-state index in [4.69, 9.17) is 29.9 Å². The monoisotopic (exact) mass is 964 g/mol. The number of nitrogens with zero attached hydrogens (tertiary/aromatic N) is 2. The van der Waals surface area contributed by atoms with E-state index >= 15 is 0 Å². The van der Waals surface area contributed by atoms with Crippen LogP contribution in [0.2, 0.25) is 5.02 Å². The number of phenolic OH excluding ortho intramolecular Hbond substituents is 2. The summed E-state index contributed by atoms with van der Waals surface area (Å²) in [5.41, 5.74) is 6.49. The fourth-order valence-electron chi connectivity index (χ4n) is 9.35. The number of aromatic hydroxyl groups is 2. The van der Waals surface area contributed by atoms with Crippen LogP contribution in [-0.4, -0.2) is 72.5 Å². The molecule has 2 N–H and O–H groups in total. The van der Waals surface area contributed by atoms with Crippen molar-refractivity contribution in [3.63, 3.8) is 0 Å². The van der Waals surface area contributed by atoms with Crippen LogP contribution in [0.5, 0.6) is 23.0 Å². The SMILES string of the molecule is Cc1ccc(-c2c(Cc3ccc(OCCN4CCCCC4)cc3)c3ccc(O)cc3oc2=O)cc1Cl.O=c1oc2cc(O)ccc2c(Cc2ccc(OCCN3CCCCC3)cc2)c1-c1cccs1. The summed E-state index contributed by atoms with van der Waals surface area (Å²) >= 11 is 7.91. The lowest BCUT2D eigenvalue weighted by atomic mass is 9.93. The summed E-state index contributed by atoms with van der Waals surface area (Å²) in [6, 6.07) is 35.4. The van der Waals surface area contributed by atoms with Crippen molar-refractivity contribution in [1.82, 2.24) is 9.80 Å². The highest BCUT2D eigenvalue weighted by atomic mass is 35.5. The van der Waals surface area contributed by atoms with Gasteiger partial charge in [0.1, 0.15) is 47.4 Å². The summed E-state index contributed by atoms with van der Waals surface area (Å²) in [6.07, 6.45) is 8.89. The zero-order valence-electron chi connectivity index (χ0n) is 38.9. The summed E-state index contributed by atoms with van der Waals surface area (Å²) in [4.78, 5) is 31.8. The minimum Gasteiger partial charge on any atom is -0.508 e. The minimum atomic E-state index is -0.458. The predicted octanol–water partition coefficient (Wildman–Crippen LogP) is 12.3. The maximum Gasteiger partial charge on any atom is 0.345 e. The van der Waals surface area contributed by atoms with Crippen LogP contribution in [-0.2, 0) is 12.8 Å². The summed E-state index contributed by atoms with van der Waals surface area (Å²) in [6.45, 7) is 9.86. The summed E-state index contributed by atoms with van der Waals surface area (Å²) in [5.74, 6) is 1.82. The van der Waals surface area contributed by atoms with Gasteiger partial charge in [-0.25, -0.2) is 9.59 Å². The topological polar surface area (TPSA) is 126 Å². The van der Waals surface area contributed by atoms with Crippen molar-refractivity contribution >= 4 is 44.9 Å². The fraction of sp³-hybridized carbons (Fsp3) is 0.298. The van der Waals surface area contributed by atoms with Gasteiger partial charge >= 0.3 is 11.3 Å². The Morgan fingerprint density at radius 2 is 1.09 bits per heavy atom. The first-order valence-corrected chi connectivity index (χ1v) is 25.2. The van der Waals surface area contributed by atoms with E-state index in [9.17, 15) is 19.8 Å². The fourth-order valence-corrected chi connectivity index (χ4v) is 10.3. The summed E-state index contributed by atoms with van der Waals surface area (Å²) in [5, 5.41) is 24.0. The van der Waals surface area contributed by atoms with E-state index in [1.54, 1.807) is 24.3 Å². The molecule has 0 aliphatic carbocycles. The van der Waals surface area contributed by atoms with Crippen molar-refractivity contribution < 1.29 is 28.5 Å². The molecule has 10 rings (SSSR count). The van der Waals surface area contributed by atoms with Crippen molar-refractivity contribution in [2.45, 2.75) is 58.3 Å². The predicted molar refractivity (Wildman–Crippen MR) is 277 cm³/mol. The van der Waals surface area contributed by atoms with Gasteiger partial charge in [0.05, 0.1) is 11.1 Å². The Bertz CT molecular complexity index is 3120. The van der Waals surface area contributed by atoms with Crippen LogP contribution in [0.25, 0.3) is 43.5 Å². The third-order valence-electron chi connectivity index (χ3n) is 13.1. The molecule has 2 fully saturated rings. The molecule has 0 atom stereocenters. The molecule has 0 spiro atoms. The number of hydrogen-bond acceptors (Lipinski definition) is 11. The molecular weight excluding hydrogens is 908 g/mol. The smallest absolute Gasteiger partial charge is 0.345 e. The lowest BCUT2D eigenvalue weighted by molar-refractivity contribution is 0.183. The average Bonchev–Trinajstić information content (AvgIpc) is 3.89. The molecule has 356 valence electrons. The number of halogens is 1. The molecule has 5 heterocycles. The molecule has 2 aliphatic heterocycles. The van der Waals surface area contributed by atoms with Gasteiger partial charge in [0.2, 0.25) is 0 Å². The maximum atomic E-state index is 13.1. The van der Waals surface area contributed by atoms with E-state index in [0.29, 0.717) is 58.9 Å². The molecule has 0 bridgehead atoms. The Morgan fingerprint density at radius 3 is 1.57 bits per heavy atom. The molecule has 69 heavy (non-hydrogen) atoms. The lowest BCUT2D eigenvalue weighted by Gasteiger charge is -2.26. The zero-order valence-corrected chi connectivity index (χ0v) is 40.5. The maximum absolute atomic E-state index is 13.1. The average molecular weight is 966 g/mol. The molecule has 2 saturated heterocycles. The molecule has 10 nitrogen and oxygen atoms in total. The zero-order chi connectivity index (χ0) is 47.7. The Balaban J connectivity index is 0.000000172. The van der Waals surface area contributed by atoms with Crippen LogP contribution >= 0.6 is 22.9 Å². The third-order valence-corrected chi connectivity index (χ3v) is 14.4. The highest BCUT2D eigenvalue weighted by Gasteiger charge is 2.20. The van der Waals surface area contributed by atoms with Crippen LogP contribution in [0.15, 0.2) is 139 Å². The van der Waals surface area contributed by atoms with Gasteiger partial charge in [-0.3, -0.25) is 9.80 Å². The second-order valence-electron chi connectivity index (χ2n) is 17.9. The Morgan fingerprint density at radius 1 is 0.594 bits per heavy atom. The van der Waals surface area contributed by atoms with E-state index in [-0.39, 0.29) is 17.1 Å². The van der Waals surface area contributed by atoms with Crippen LogP contribution in [0.3, 0.4) is 0 Å². The number of rotatable bonds is 14. The van der Waals surface area contributed by atoms with E-state index in [1.165, 1.54) is 75.1 Å². The molecular formula is C57H57ClN2O8S. The number of fused-ring (bicyclic) bond motifs is 2. The summed E-state index contributed by atoms with van der Waals surface area (Å²) < 4.78 is 23.1. The van der Waals surface area contributed by atoms with Gasteiger partial charge < -0.3 is 28.5 Å². The number of aryl methyl sites for hydroxylation is 1. The van der Waals surface area contributed by atoms with E-state index in [1.807, 2.05) is 79.0 Å². The number of phenols is 2. The number of thiophene rings is 1. The highest BCUT2D eigenvalue weighted by Crippen LogP contribution is 2.35. The number of likely N-dealkylation sites (tertiary alicyclic amines) is 2. The van der Waals surface area contributed by atoms with E-state index in [2.05, 4.69) is 21.9 Å². The Labute approximate surface area is 410 Å². The first kappa shape index (κ1) is 47.7. The van der Waals surface area contributed by atoms with Gasteiger partial charge in [0.25, 0.3) is 0 Å². The Hall–Kier alpha value is -6.37. The van der Waals surface area contributed by atoms with Crippen molar-refractivity contribution in [1.29, 1.82) is 0 Å². The molecule has 3 aromatic heterocycles. The first-order valence-electron chi connectivity index (χ1n) is 23.9. The molecule has 0 amide bonds. The van der Waals surface area contributed by atoms with Gasteiger partial charge in [-0.15, -0.1) is 11.3 Å². The lowest BCUT2D eigenvalue weighted by Crippen LogP contribution is -2.33. The standard InChI is InChI=1S/C30H30ClNO4.C27H27NO4S/c1-20-5-8-22(18-27(20)31)29-26(25-12-9-23(33)19-28(25)36-30(29)34)17-21-6-10-24(11-7-21)35-16-15-32-13-3-2-4-14-32;29-20-8-11-22-23(26(25-5-4-16-33-25)27(30)32-24(22)18-20)17-19-6-9-21(10-7-19)31-15-14-28-12-2-1-3-13-28/h5-12,18-19,33H,2-4,13-17H2,1H3;4-11,16,18,29H,1-3,12-15,17H2. The van der Waals surface area contributed by atoms with Crippen LogP contribution < -0.4 is 20.7 Å². The highest BCUT2D eigenvalue weighted by molar-refractivity contribution is 7.13. The van der Waals surface area contributed by atoms with Gasteiger partial charge in [-0.2, -0.15) is 0 Å². The van der Waals surface area contributed by atoms with Gasteiger partial charge in [-0.05, 0) is 171 Å². The Kier molecular flexibility index (Phi) is 15.5. The van der Waals surface area contributed by atoms with Crippen molar-refractivity contribution in [3.8, 4) is 44.6 Å². The third kappa shape index (κ3) is 11.9. The van der Waals surface area contributed by atoms with Crippen LogP contribution in [0.1, 0.15) is 66.3 Å².